The Morgan fingerprint density at radius 1 is 0.903 bits per heavy atom. The molecule has 0 unspecified atom stereocenters. The summed E-state index contributed by atoms with van der Waals surface area (Å²) in [6.45, 7) is 2.80. The molecule has 31 heavy (non-hydrogen) atoms. The fraction of sp³-hybridized carbons (Fsp3) is 0.296. The molecule has 0 atom stereocenters. The van der Waals surface area contributed by atoms with Crippen molar-refractivity contribution in [1.29, 1.82) is 0 Å². The molecule has 1 fully saturated rings. The van der Waals surface area contributed by atoms with Gasteiger partial charge in [-0.25, -0.2) is 0 Å². The number of nitrogens with two attached hydrogens (primary N) is 1. The van der Waals surface area contributed by atoms with E-state index >= 15 is 0 Å². The molecule has 1 saturated heterocycles. The van der Waals surface area contributed by atoms with Gasteiger partial charge in [0.1, 0.15) is 5.75 Å². The maximum absolute atomic E-state index is 12.9. The van der Waals surface area contributed by atoms with E-state index in [0.717, 1.165) is 42.8 Å². The van der Waals surface area contributed by atoms with E-state index in [1.54, 1.807) is 0 Å². The zero-order valence-electron chi connectivity index (χ0n) is 17.7. The summed E-state index contributed by atoms with van der Waals surface area (Å²) in [4.78, 5) is 15.0. The third kappa shape index (κ3) is 3.84. The van der Waals surface area contributed by atoms with Gasteiger partial charge in [0, 0.05) is 30.6 Å². The average molecular weight is 413 g/mol. The maximum atomic E-state index is 12.9. The number of nitrogens with zero attached hydrogens (tertiary/aromatic N) is 1. The molecule has 0 aromatic heterocycles. The molecule has 2 heterocycles. The fourth-order valence-corrected chi connectivity index (χ4v) is 4.87. The number of amides is 1. The molecular formula is C27H28N2O2. The van der Waals surface area contributed by atoms with Gasteiger partial charge in [0.2, 0.25) is 5.91 Å². The molecule has 5 rings (SSSR count). The van der Waals surface area contributed by atoms with E-state index in [1.165, 1.54) is 16.7 Å². The van der Waals surface area contributed by atoms with Crippen molar-refractivity contribution in [2.75, 3.05) is 19.7 Å². The van der Waals surface area contributed by atoms with Gasteiger partial charge in [0.25, 0.3) is 0 Å². The third-order valence-corrected chi connectivity index (χ3v) is 6.84. The first-order valence-corrected chi connectivity index (χ1v) is 11.1. The highest BCUT2D eigenvalue weighted by Gasteiger charge is 2.43. The summed E-state index contributed by atoms with van der Waals surface area (Å²) < 4.78 is 5.99. The first kappa shape index (κ1) is 19.8. The third-order valence-electron chi connectivity index (χ3n) is 6.84. The summed E-state index contributed by atoms with van der Waals surface area (Å²) in [5.41, 5.74) is 11.7. The summed E-state index contributed by atoms with van der Waals surface area (Å²) in [7, 11) is 0. The molecule has 158 valence electrons. The van der Waals surface area contributed by atoms with Crippen LogP contribution in [-0.4, -0.2) is 30.5 Å². The van der Waals surface area contributed by atoms with Gasteiger partial charge in [-0.15, -0.1) is 0 Å². The minimum atomic E-state index is 0.0224. The van der Waals surface area contributed by atoms with E-state index in [4.69, 9.17) is 10.5 Å². The van der Waals surface area contributed by atoms with Crippen LogP contribution in [-0.2, 0) is 23.2 Å². The molecule has 3 aromatic carbocycles. The normalized spacial score (nSPS) is 16.7. The number of rotatable bonds is 4. The van der Waals surface area contributed by atoms with Crippen LogP contribution in [0.15, 0.2) is 72.8 Å². The number of ether oxygens (including phenoxy) is 1. The van der Waals surface area contributed by atoms with E-state index in [2.05, 4.69) is 42.5 Å². The average Bonchev–Trinajstić information content (AvgIpc) is 3.17. The lowest BCUT2D eigenvalue weighted by Crippen LogP contribution is -2.46. The minimum absolute atomic E-state index is 0.0224. The van der Waals surface area contributed by atoms with Crippen LogP contribution < -0.4 is 10.5 Å². The van der Waals surface area contributed by atoms with Gasteiger partial charge in [0.15, 0.2) is 0 Å². The number of benzene rings is 3. The zero-order valence-corrected chi connectivity index (χ0v) is 17.7. The Labute approximate surface area is 183 Å². The van der Waals surface area contributed by atoms with Crippen LogP contribution in [0, 0.1) is 0 Å². The van der Waals surface area contributed by atoms with Gasteiger partial charge in [-0.3, -0.25) is 4.79 Å². The van der Waals surface area contributed by atoms with Crippen molar-refractivity contribution in [2.24, 2.45) is 5.73 Å². The highest BCUT2D eigenvalue weighted by atomic mass is 16.5. The highest BCUT2D eigenvalue weighted by molar-refractivity contribution is 5.79. The first-order chi connectivity index (χ1) is 15.2. The summed E-state index contributed by atoms with van der Waals surface area (Å²) in [6.07, 6.45) is 2.33. The second-order valence-electron chi connectivity index (χ2n) is 8.72. The van der Waals surface area contributed by atoms with Crippen LogP contribution in [0.1, 0.15) is 29.5 Å². The monoisotopic (exact) mass is 412 g/mol. The molecule has 2 N–H and O–H groups in total. The van der Waals surface area contributed by atoms with Crippen LogP contribution in [0.2, 0.25) is 0 Å². The van der Waals surface area contributed by atoms with Crippen molar-refractivity contribution in [3.8, 4) is 16.9 Å². The lowest BCUT2D eigenvalue weighted by atomic mass is 9.74. The summed E-state index contributed by atoms with van der Waals surface area (Å²) in [5.74, 6) is 1.19. The quantitative estimate of drug-likeness (QED) is 0.695. The Balaban J connectivity index is 1.22. The number of fused-ring (bicyclic) bond motifs is 2. The topological polar surface area (TPSA) is 55.6 Å². The predicted molar refractivity (Wildman–Crippen MR) is 123 cm³/mol. The molecule has 4 heteroatoms. The van der Waals surface area contributed by atoms with Crippen molar-refractivity contribution in [3.05, 3.63) is 89.5 Å². The highest BCUT2D eigenvalue weighted by Crippen LogP contribution is 2.45. The molecule has 3 aromatic rings. The molecule has 2 aliphatic heterocycles. The molecular weight excluding hydrogens is 384 g/mol. The van der Waals surface area contributed by atoms with E-state index in [1.807, 2.05) is 35.2 Å². The van der Waals surface area contributed by atoms with Crippen molar-refractivity contribution >= 4 is 5.91 Å². The van der Waals surface area contributed by atoms with Crippen LogP contribution in [0.4, 0.5) is 0 Å². The number of hydrogen-bond acceptors (Lipinski definition) is 3. The Kier molecular flexibility index (Phi) is 5.24. The lowest BCUT2D eigenvalue weighted by Gasteiger charge is -2.38. The second-order valence-corrected chi connectivity index (χ2v) is 8.72. The predicted octanol–water partition coefficient (Wildman–Crippen LogP) is 4.31. The summed E-state index contributed by atoms with van der Waals surface area (Å²) in [5, 5.41) is 0. The fourth-order valence-electron chi connectivity index (χ4n) is 4.87. The second kappa shape index (κ2) is 8.20. The largest absolute Gasteiger partial charge is 0.492 e. The Morgan fingerprint density at radius 3 is 2.29 bits per heavy atom. The number of hydrogen-bond donors (Lipinski definition) is 1. The molecule has 4 nitrogen and oxygen atoms in total. The molecule has 0 radical (unpaired) electrons. The van der Waals surface area contributed by atoms with Crippen molar-refractivity contribution in [1.82, 2.24) is 4.90 Å². The number of carbonyl (C=O) groups is 1. The Morgan fingerprint density at radius 2 is 1.58 bits per heavy atom. The Hall–Kier alpha value is -3.11. The lowest BCUT2D eigenvalue weighted by molar-refractivity contribution is -0.132. The number of piperidine rings is 1. The van der Waals surface area contributed by atoms with Crippen LogP contribution >= 0.6 is 0 Å². The number of likely N-dealkylation sites (tertiary alicyclic amines) is 1. The van der Waals surface area contributed by atoms with Gasteiger partial charge in [-0.1, -0.05) is 66.7 Å². The minimum Gasteiger partial charge on any atom is -0.492 e. The molecule has 0 bridgehead atoms. The standard InChI is InChI=1S/C27H28N2O2/c28-18-21-8-11-25-24(16-21)27(19-31-25)12-14-29(15-13-27)26(30)17-20-6-9-23(10-7-20)22-4-2-1-3-5-22/h1-11,16H,12-15,17-19,28H2. The van der Waals surface area contributed by atoms with E-state index in [9.17, 15) is 4.79 Å². The van der Waals surface area contributed by atoms with Gasteiger partial charge in [0.05, 0.1) is 13.0 Å². The molecule has 0 saturated carbocycles. The van der Waals surface area contributed by atoms with Crippen LogP contribution in [0.5, 0.6) is 5.75 Å². The van der Waals surface area contributed by atoms with Crippen LogP contribution in [0.3, 0.4) is 0 Å². The Bertz CT molecular complexity index is 1070. The van der Waals surface area contributed by atoms with Gasteiger partial charge >= 0.3 is 0 Å². The van der Waals surface area contributed by atoms with Gasteiger partial charge < -0.3 is 15.4 Å². The molecule has 2 aliphatic rings. The summed E-state index contributed by atoms with van der Waals surface area (Å²) >= 11 is 0. The first-order valence-electron chi connectivity index (χ1n) is 11.1. The van der Waals surface area contributed by atoms with Gasteiger partial charge in [-0.2, -0.15) is 0 Å². The van der Waals surface area contributed by atoms with Crippen molar-refractivity contribution in [2.45, 2.75) is 31.2 Å². The van der Waals surface area contributed by atoms with Crippen molar-refractivity contribution < 1.29 is 9.53 Å². The molecule has 1 amide bonds. The van der Waals surface area contributed by atoms with Crippen molar-refractivity contribution in [3.63, 3.8) is 0 Å². The maximum Gasteiger partial charge on any atom is 0.226 e. The van der Waals surface area contributed by atoms with E-state index in [0.29, 0.717) is 19.6 Å². The zero-order chi connectivity index (χ0) is 21.3. The molecule has 1 spiro atoms. The van der Waals surface area contributed by atoms with E-state index < -0.39 is 0 Å². The van der Waals surface area contributed by atoms with E-state index in [-0.39, 0.29) is 11.3 Å². The SMILES string of the molecule is NCc1ccc2c(c1)C1(CCN(C(=O)Cc3ccc(-c4ccccc4)cc3)CC1)CO2. The molecule has 0 aliphatic carbocycles. The van der Waals surface area contributed by atoms with Crippen LogP contribution in [0.25, 0.3) is 11.1 Å². The summed E-state index contributed by atoms with van der Waals surface area (Å²) in [6, 6.07) is 24.9. The number of carbonyl (C=O) groups excluding carboxylic acids is 1. The smallest absolute Gasteiger partial charge is 0.226 e. The van der Waals surface area contributed by atoms with Gasteiger partial charge in [-0.05, 0) is 41.2 Å².